The second kappa shape index (κ2) is 9.83. The van der Waals surface area contributed by atoms with Crippen molar-refractivity contribution in [3.63, 3.8) is 0 Å². The lowest BCUT2D eigenvalue weighted by atomic mass is 10.1. The number of carboxylic acid groups (broad SMARTS) is 1. The van der Waals surface area contributed by atoms with Crippen LogP contribution in [0.15, 0.2) is 30.6 Å². The molecule has 0 atom stereocenters. The first kappa shape index (κ1) is 24.3. The smallest absolute Gasteiger partial charge is 0.339 e. The average Bonchev–Trinajstić information content (AvgIpc) is 3.32. The van der Waals surface area contributed by atoms with Crippen LogP contribution in [0.2, 0.25) is 30.7 Å². The van der Waals surface area contributed by atoms with Crippen LogP contribution in [0.25, 0.3) is 33.5 Å². The monoisotopic (exact) mass is 501 g/mol. The van der Waals surface area contributed by atoms with Gasteiger partial charge in [0, 0.05) is 38.4 Å². The number of carboxylic acids is 1. The summed E-state index contributed by atoms with van der Waals surface area (Å²) in [7, 11) is 0.410. The molecule has 1 aromatic carbocycles. The summed E-state index contributed by atoms with van der Waals surface area (Å²) in [6.45, 7) is 8.71. The van der Waals surface area contributed by atoms with E-state index in [9.17, 15) is 9.90 Å². The number of hydrogen-bond acceptors (Lipinski definition) is 6. The van der Waals surface area contributed by atoms with Crippen molar-refractivity contribution in [3.8, 4) is 11.4 Å². The number of methoxy groups -OCH3 is 1. The van der Waals surface area contributed by atoms with Crippen molar-refractivity contribution in [2.75, 3.05) is 20.3 Å². The van der Waals surface area contributed by atoms with Gasteiger partial charge in [-0.1, -0.05) is 31.2 Å². The molecule has 9 nitrogen and oxygen atoms in total. The molecule has 1 N–H and O–H groups in total. The Kier molecular flexibility index (Phi) is 7.03. The first-order valence-electron chi connectivity index (χ1n) is 11.0. The Labute approximate surface area is 203 Å². The van der Waals surface area contributed by atoms with Crippen molar-refractivity contribution >= 4 is 47.7 Å². The van der Waals surface area contributed by atoms with Crippen molar-refractivity contribution < 1.29 is 19.4 Å². The summed E-state index contributed by atoms with van der Waals surface area (Å²) in [5.74, 6) is -1.07. The highest BCUT2D eigenvalue weighted by Gasteiger charge is 2.21. The minimum absolute atomic E-state index is 0.0734. The molecular weight excluding hydrogens is 474 g/mol. The number of fused-ring (bicyclic) bond motifs is 2. The number of aromatic carboxylic acids is 1. The molecule has 0 bridgehead atoms. The van der Waals surface area contributed by atoms with Crippen molar-refractivity contribution in [1.29, 1.82) is 0 Å². The lowest BCUT2D eigenvalue weighted by Crippen LogP contribution is -2.22. The largest absolute Gasteiger partial charge is 0.478 e. The van der Waals surface area contributed by atoms with Gasteiger partial charge in [-0.25, -0.2) is 14.8 Å². The molecule has 3 heterocycles. The number of aromatic nitrogens is 5. The van der Waals surface area contributed by atoms with Crippen LogP contribution in [0, 0.1) is 0 Å². The predicted molar refractivity (Wildman–Crippen MR) is 134 cm³/mol. The molecule has 0 aliphatic carbocycles. The first-order valence-corrected chi connectivity index (χ1v) is 15.1. The number of benzene rings is 1. The Balaban J connectivity index is 1.73. The summed E-state index contributed by atoms with van der Waals surface area (Å²) in [4.78, 5) is 21.2. The van der Waals surface area contributed by atoms with E-state index in [2.05, 4.69) is 29.6 Å². The Morgan fingerprint density at radius 2 is 2.03 bits per heavy atom. The van der Waals surface area contributed by atoms with Gasteiger partial charge in [0.05, 0.1) is 24.9 Å². The fourth-order valence-corrected chi connectivity index (χ4v) is 4.57. The second-order valence-corrected chi connectivity index (χ2v) is 15.4. The van der Waals surface area contributed by atoms with Gasteiger partial charge in [0.2, 0.25) is 0 Å². The molecule has 180 valence electrons. The van der Waals surface area contributed by atoms with Gasteiger partial charge in [-0.3, -0.25) is 4.68 Å². The lowest BCUT2D eigenvalue weighted by Gasteiger charge is -2.15. The van der Waals surface area contributed by atoms with Crippen molar-refractivity contribution in [2.45, 2.75) is 39.0 Å². The Bertz CT molecular complexity index is 1340. The number of nitrogens with zero attached hydrogens (tertiary/aromatic N) is 5. The molecule has 34 heavy (non-hydrogen) atoms. The SMILES string of the molecule is COCCn1nc(-c2cnc3c(n2)c(C(=O)O)cn3COCC[Si](C)(C)C)c2ccc(Cl)cc21. The van der Waals surface area contributed by atoms with Gasteiger partial charge in [-0.2, -0.15) is 5.10 Å². The van der Waals surface area contributed by atoms with E-state index in [-0.39, 0.29) is 12.3 Å². The maximum atomic E-state index is 11.9. The maximum absolute atomic E-state index is 11.9. The van der Waals surface area contributed by atoms with Crippen LogP contribution in [0.1, 0.15) is 10.4 Å². The van der Waals surface area contributed by atoms with Gasteiger partial charge in [-0.05, 0) is 24.2 Å². The zero-order chi connectivity index (χ0) is 24.5. The second-order valence-electron chi connectivity index (χ2n) is 9.32. The fraction of sp³-hybridized carbons (Fsp3) is 0.391. The highest BCUT2D eigenvalue weighted by atomic mass is 35.5. The van der Waals surface area contributed by atoms with Gasteiger partial charge in [0.25, 0.3) is 0 Å². The predicted octanol–water partition coefficient (Wildman–Crippen LogP) is 4.76. The van der Waals surface area contributed by atoms with E-state index in [4.69, 9.17) is 26.2 Å². The summed E-state index contributed by atoms with van der Waals surface area (Å²) in [6, 6.07) is 6.53. The molecule has 0 aliphatic rings. The van der Waals surface area contributed by atoms with Crippen LogP contribution in [0.3, 0.4) is 0 Å². The molecule has 4 rings (SSSR count). The minimum atomic E-state index is -1.22. The van der Waals surface area contributed by atoms with Crippen LogP contribution in [-0.4, -0.2) is 63.8 Å². The summed E-state index contributed by atoms with van der Waals surface area (Å²) in [5, 5.41) is 15.9. The van der Waals surface area contributed by atoms with Crippen molar-refractivity contribution in [3.05, 3.63) is 41.2 Å². The third-order valence-corrected chi connectivity index (χ3v) is 7.43. The number of ether oxygens (including phenoxy) is 2. The number of rotatable bonds is 10. The van der Waals surface area contributed by atoms with E-state index in [0.29, 0.717) is 47.3 Å². The van der Waals surface area contributed by atoms with Crippen molar-refractivity contribution in [2.24, 2.45) is 0 Å². The molecule has 0 aliphatic heterocycles. The third kappa shape index (κ3) is 5.14. The third-order valence-electron chi connectivity index (χ3n) is 5.49. The fourth-order valence-electron chi connectivity index (χ4n) is 3.65. The Hall–Kier alpha value is -2.79. The highest BCUT2D eigenvalue weighted by Crippen LogP contribution is 2.30. The summed E-state index contributed by atoms with van der Waals surface area (Å²) in [5.41, 5.74) is 2.76. The quantitative estimate of drug-likeness (QED) is 0.247. The topological polar surface area (TPSA) is 104 Å². The first-order chi connectivity index (χ1) is 16.2. The molecule has 0 amide bonds. The minimum Gasteiger partial charge on any atom is -0.478 e. The molecule has 11 heteroatoms. The van der Waals surface area contributed by atoms with Gasteiger partial charge in [-0.15, -0.1) is 0 Å². The van der Waals surface area contributed by atoms with Crippen LogP contribution in [-0.2, 0) is 22.7 Å². The molecule has 0 fully saturated rings. The zero-order valence-electron chi connectivity index (χ0n) is 19.7. The normalized spacial score (nSPS) is 12.1. The van der Waals surface area contributed by atoms with Gasteiger partial charge in [0.15, 0.2) is 5.65 Å². The molecule has 0 spiro atoms. The average molecular weight is 502 g/mol. The van der Waals surface area contributed by atoms with Crippen molar-refractivity contribution in [1.82, 2.24) is 24.3 Å². The van der Waals surface area contributed by atoms with E-state index < -0.39 is 14.0 Å². The van der Waals surface area contributed by atoms with E-state index in [1.807, 2.05) is 16.8 Å². The van der Waals surface area contributed by atoms with E-state index in [1.165, 1.54) is 6.20 Å². The van der Waals surface area contributed by atoms with E-state index in [1.54, 1.807) is 23.9 Å². The Morgan fingerprint density at radius 3 is 2.74 bits per heavy atom. The number of carbonyl (C=O) groups is 1. The van der Waals surface area contributed by atoms with Crippen LogP contribution >= 0.6 is 11.6 Å². The van der Waals surface area contributed by atoms with Crippen LogP contribution in [0.5, 0.6) is 0 Å². The maximum Gasteiger partial charge on any atom is 0.339 e. The van der Waals surface area contributed by atoms with Gasteiger partial charge >= 0.3 is 5.97 Å². The standard InChI is InChI=1S/C23H28ClN5O4Si/c1-32-8-7-29-19-11-15(24)5-6-16(19)20(27-29)18-12-25-22-21(26-18)17(23(30)31)13-28(22)14-33-9-10-34(2,3)4/h5-6,11-13H,7-10,14H2,1-4H3,(H,30,31). The molecular formula is C23H28ClN5O4Si. The lowest BCUT2D eigenvalue weighted by molar-refractivity contribution is 0.0696. The molecule has 0 saturated heterocycles. The van der Waals surface area contributed by atoms with E-state index >= 15 is 0 Å². The Morgan fingerprint density at radius 1 is 1.24 bits per heavy atom. The molecule has 0 saturated carbocycles. The van der Waals surface area contributed by atoms with Crippen LogP contribution in [0.4, 0.5) is 0 Å². The highest BCUT2D eigenvalue weighted by molar-refractivity contribution is 6.76. The molecule has 4 aromatic rings. The summed E-state index contributed by atoms with van der Waals surface area (Å²) in [6.07, 6.45) is 3.14. The molecule has 0 radical (unpaired) electrons. The van der Waals surface area contributed by atoms with Crippen LogP contribution < -0.4 is 0 Å². The van der Waals surface area contributed by atoms with Gasteiger partial charge in [0.1, 0.15) is 29.2 Å². The van der Waals surface area contributed by atoms with Gasteiger partial charge < -0.3 is 19.1 Å². The zero-order valence-corrected chi connectivity index (χ0v) is 21.5. The summed E-state index contributed by atoms with van der Waals surface area (Å²) < 4.78 is 14.5. The molecule has 3 aromatic heterocycles. The van der Waals surface area contributed by atoms with E-state index in [0.717, 1.165) is 16.9 Å². The molecule has 0 unspecified atom stereocenters. The summed E-state index contributed by atoms with van der Waals surface area (Å²) >= 11 is 6.22. The number of halogens is 1. The number of hydrogen-bond donors (Lipinski definition) is 1.